The lowest BCUT2D eigenvalue weighted by atomic mass is 9.63. The van der Waals surface area contributed by atoms with Crippen LogP contribution >= 0.6 is 31.9 Å². The van der Waals surface area contributed by atoms with E-state index in [1.54, 1.807) is 11.1 Å². The summed E-state index contributed by atoms with van der Waals surface area (Å²) in [5.74, 6) is 4.38. The van der Waals surface area contributed by atoms with Crippen molar-refractivity contribution in [3.8, 4) is 11.1 Å². The van der Waals surface area contributed by atoms with Crippen molar-refractivity contribution in [3.05, 3.63) is 115 Å². The Bertz CT molecular complexity index is 1860. The number of ether oxygens (including phenoxy) is 2. The number of benzene rings is 3. The van der Waals surface area contributed by atoms with Crippen molar-refractivity contribution in [3.63, 3.8) is 0 Å². The van der Waals surface area contributed by atoms with Crippen LogP contribution in [0.15, 0.2) is 81.1 Å². The Labute approximate surface area is 337 Å². The molecule has 4 atom stereocenters. The highest BCUT2D eigenvalue weighted by Crippen LogP contribution is 2.69. The van der Waals surface area contributed by atoms with Crippen LogP contribution in [-0.4, -0.2) is 13.2 Å². The molecule has 1 spiro atoms. The largest absolute Gasteiger partial charge is 0.490 e. The summed E-state index contributed by atoms with van der Waals surface area (Å²) in [7, 11) is 0. The van der Waals surface area contributed by atoms with Crippen LogP contribution in [0.3, 0.4) is 0 Å². The fraction of sp³-hybridized carbons (Fsp3) is 0.551. The summed E-state index contributed by atoms with van der Waals surface area (Å²) in [6.07, 6.45) is 12.3. The highest BCUT2D eigenvalue weighted by atomic mass is 79.9. The maximum atomic E-state index is 6.88. The number of hydrogen-bond donors (Lipinski definition) is 0. The van der Waals surface area contributed by atoms with E-state index in [1.165, 1.54) is 59.1 Å². The van der Waals surface area contributed by atoms with Gasteiger partial charge in [0, 0.05) is 20.8 Å². The SMILES string of the molecule is CCC(C)COC1=CC2c3c(C4CCC(C(C)(C)C)CC4)ccc(C(C)(C)C)c3C3(c4cc(Br)ccc4-c4ccc(Br)cc43)C2C=C1OCC(C)CC. The summed E-state index contributed by atoms with van der Waals surface area (Å²) in [4.78, 5) is 0. The number of halogens is 2. The molecule has 4 heteroatoms. The second-order valence-corrected chi connectivity index (χ2v) is 20.9. The Balaban J connectivity index is 1.54. The van der Waals surface area contributed by atoms with Gasteiger partial charge in [-0.05, 0) is 141 Å². The number of fused-ring (bicyclic) bond motifs is 10. The quantitative estimate of drug-likeness (QED) is 0.214. The lowest BCUT2D eigenvalue weighted by Gasteiger charge is -2.40. The molecule has 7 rings (SSSR count). The number of rotatable bonds is 9. The van der Waals surface area contributed by atoms with E-state index in [1.807, 2.05) is 0 Å². The summed E-state index contributed by atoms with van der Waals surface area (Å²) in [5, 5.41) is 0. The third-order valence-corrected chi connectivity index (χ3v) is 14.5. The first kappa shape index (κ1) is 39.0. The molecule has 53 heavy (non-hydrogen) atoms. The van der Waals surface area contributed by atoms with Crippen molar-refractivity contribution in [2.45, 2.75) is 130 Å². The van der Waals surface area contributed by atoms with Crippen LogP contribution in [0.25, 0.3) is 11.1 Å². The van der Waals surface area contributed by atoms with Crippen molar-refractivity contribution >= 4 is 31.9 Å². The van der Waals surface area contributed by atoms with Gasteiger partial charge in [-0.25, -0.2) is 0 Å². The molecular formula is C49H62Br2O2. The summed E-state index contributed by atoms with van der Waals surface area (Å²) in [6, 6.07) is 19.1. The van der Waals surface area contributed by atoms with Gasteiger partial charge >= 0.3 is 0 Å². The Hall–Kier alpha value is -2.30. The number of hydrogen-bond acceptors (Lipinski definition) is 2. The van der Waals surface area contributed by atoms with Crippen LogP contribution in [0, 0.1) is 29.1 Å². The minimum absolute atomic E-state index is 0.0624. The standard InChI is InChI=1S/C49H62Br2O2/c1-11-29(3)27-52-43-25-38-42(26-44(43)53-28-30(4)12-2)49(40-23-33(50)17-19-36(40)37-20-18-34(51)24-41(37)49)46-39(48(8,9)10)22-21-35(45(38)46)31-13-15-32(16-14-31)47(5,6)7/h17-26,29-32,38,42H,11-16,27-28H2,1-10H3. The highest BCUT2D eigenvalue weighted by Gasteiger charge is 2.60. The molecule has 1 saturated carbocycles. The van der Waals surface area contributed by atoms with E-state index >= 15 is 0 Å². The number of allylic oxidation sites excluding steroid dienone is 2. The van der Waals surface area contributed by atoms with Gasteiger partial charge in [0.1, 0.15) is 0 Å². The van der Waals surface area contributed by atoms with E-state index in [0.717, 1.165) is 39.2 Å². The topological polar surface area (TPSA) is 18.5 Å². The van der Waals surface area contributed by atoms with Gasteiger partial charge in [0.25, 0.3) is 0 Å². The first-order valence-corrected chi connectivity index (χ1v) is 22.2. The van der Waals surface area contributed by atoms with Crippen molar-refractivity contribution < 1.29 is 9.47 Å². The van der Waals surface area contributed by atoms with Crippen molar-refractivity contribution in [1.29, 1.82) is 0 Å². The molecule has 4 unspecified atom stereocenters. The predicted molar refractivity (Wildman–Crippen MR) is 230 cm³/mol. The summed E-state index contributed by atoms with van der Waals surface area (Å²) in [6.45, 7) is 25.0. The van der Waals surface area contributed by atoms with E-state index in [-0.39, 0.29) is 17.3 Å². The van der Waals surface area contributed by atoms with Crippen molar-refractivity contribution in [2.75, 3.05) is 13.2 Å². The molecule has 3 aromatic carbocycles. The zero-order valence-electron chi connectivity index (χ0n) is 34.0. The molecule has 0 aromatic heterocycles. The molecule has 0 N–H and O–H groups in total. The molecule has 284 valence electrons. The minimum atomic E-state index is -0.400. The zero-order chi connectivity index (χ0) is 38.0. The molecule has 1 fully saturated rings. The zero-order valence-corrected chi connectivity index (χ0v) is 37.1. The smallest absolute Gasteiger partial charge is 0.157 e. The van der Waals surface area contributed by atoms with Crippen molar-refractivity contribution in [2.24, 2.45) is 29.1 Å². The molecule has 0 radical (unpaired) electrons. The molecule has 3 aromatic rings. The van der Waals surface area contributed by atoms with Crippen LogP contribution in [0.5, 0.6) is 0 Å². The van der Waals surface area contributed by atoms with E-state index in [9.17, 15) is 0 Å². The Morgan fingerprint density at radius 1 is 0.717 bits per heavy atom. The fourth-order valence-electron chi connectivity index (χ4n) is 10.1. The Kier molecular flexibility index (Phi) is 10.8. The predicted octanol–water partition coefficient (Wildman–Crippen LogP) is 14.8. The third kappa shape index (κ3) is 6.83. The molecule has 0 aliphatic heterocycles. The molecule has 2 nitrogen and oxygen atoms in total. The van der Waals surface area contributed by atoms with Gasteiger partial charge in [-0.1, -0.05) is 138 Å². The molecule has 0 amide bonds. The second kappa shape index (κ2) is 14.6. The third-order valence-electron chi connectivity index (χ3n) is 13.5. The molecule has 4 aliphatic carbocycles. The van der Waals surface area contributed by atoms with E-state index in [0.29, 0.717) is 36.4 Å². The van der Waals surface area contributed by atoms with Crippen LogP contribution < -0.4 is 0 Å². The Morgan fingerprint density at radius 2 is 1.25 bits per heavy atom. The molecule has 4 aliphatic rings. The van der Waals surface area contributed by atoms with Crippen LogP contribution in [0.2, 0.25) is 0 Å². The lowest BCUT2D eigenvalue weighted by molar-refractivity contribution is 0.110. The normalized spacial score (nSPS) is 24.1. The fourth-order valence-corrected chi connectivity index (χ4v) is 10.8. The van der Waals surface area contributed by atoms with Gasteiger partial charge in [-0.2, -0.15) is 0 Å². The first-order chi connectivity index (χ1) is 25.1. The molecule has 0 heterocycles. The average Bonchev–Trinajstić information content (AvgIpc) is 3.57. The summed E-state index contributed by atoms with van der Waals surface area (Å²) in [5.41, 5.74) is 11.5. The van der Waals surface area contributed by atoms with Gasteiger partial charge in [-0.15, -0.1) is 0 Å². The first-order valence-electron chi connectivity index (χ1n) is 20.6. The van der Waals surface area contributed by atoms with Gasteiger partial charge in [0.05, 0.1) is 18.6 Å². The molecule has 0 saturated heterocycles. The highest BCUT2D eigenvalue weighted by molar-refractivity contribution is 9.10. The van der Waals surface area contributed by atoms with E-state index in [4.69, 9.17) is 9.47 Å². The van der Waals surface area contributed by atoms with Crippen LogP contribution in [-0.2, 0) is 20.3 Å². The van der Waals surface area contributed by atoms with Gasteiger partial charge in [-0.3, -0.25) is 0 Å². The maximum absolute atomic E-state index is 6.88. The molecule has 0 bridgehead atoms. The lowest BCUT2D eigenvalue weighted by Crippen LogP contribution is -2.36. The van der Waals surface area contributed by atoms with Gasteiger partial charge < -0.3 is 9.47 Å². The van der Waals surface area contributed by atoms with E-state index < -0.39 is 5.41 Å². The summed E-state index contributed by atoms with van der Waals surface area (Å²) >= 11 is 7.94. The second-order valence-electron chi connectivity index (χ2n) is 19.1. The Morgan fingerprint density at radius 3 is 1.74 bits per heavy atom. The summed E-state index contributed by atoms with van der Waals surface area (Å²) < 4.78 is 16.0. The maximum Gasteiger partial charge on any atom is 0.157 e. The van der Waals surface area contributed by atoms with Gasteiger partial charge in [0.2, 0.25) is 0 Å². The molecular weight excluding hydrogens is 780 g/mol. The van der Waals surface area contributed by atoms with Crippen LogP contribution in [0.1, 0.15) is 153 Å². The average molecular weight is 843 g/mol. The van der Waals surface area contributed by atoms with E-state index in [2.05, 4.69) is 162 Å². The van der Waals surface area contributed by atoms with Gasteiger partial charge in [0.15, 0.2) is 11.5 Å². The van der Waals surface area contributed by atoms with Crippen molar-refractivity contribution in [1.82, 2.24) is 0 Å². The minimum Gasteiger partial charge on any atom is -0.490 e. The van der Waals surface area contributed by atoms with Crippen LogP contribution in [0.4, 0.5) is 0 Å². The monoisotopic (exact) mass is 840 g/mol.